The topological polar surface area (TPSA) is 58.2 Å². The minimum atomic E-state index is -0.0460. The van der Waals surface area contributed by atoms with Crippen molar-refractivity contribution in [3.05, 3.63) is 59.2 Å². The average Bonchev–Trinajstić information content (AvgIpc) is 2.86. The van der Waals surface area contributed by atoms with Gasteiger partial charge in [0.25, 0.3) is 0 Å². The molecule has 0 aliphatic carbocycles. The van der Waals surface area contributed by atoms with Crippen LogP contribution in [0.4, 0.5) is 11.4 Å². The minimum Gasteiger partial charge on any atom is -0.326 e. The Morgan fingerprint density at radius 3 is 2.78 bits per heavy atom. The molecule has 2 aromatic carbocycles. The molecule has 0 aromatic heterocycles. The number of fused-ring (bicyclic) bond motifs is 1. The van der Waals surface area contributed by atoms with E-state index < -0.39 is 0 Å². The van der Waals surface area contributed by atoms with Crippen LogP contribution in [0.25, 0.3) is 0 Å². The van der Waals surface area contributed by atoms with E-state index in [1.165, 1.54) is 0 Å². The van der Waals surface area contributed by atoms with Crippen molar-refractivity contribution in [1.29, 1.82) is 0 Å². The molecule has 4 heteroatoms. The molecule has 0 atom stereocenters. The quantitative estimate of drug-likeness (QED) is 0.908. The second-order valence-corrected chi connectivity index (χ2v) is 6.18. The Kier molecular flexibility index (Phi) is 4.15. The number of carbonyl (C=O) groups is 2. The Hall–Kier alpha value is -2.62. The van der Waals surface area contributed by atoms with Crippen LogP contribution in [0, 0.1) is 0 Å². The summed E-state index contributed by atoms with van der Waals surface area (Å²) in [4.78, 5) is 23.7. The molecular formula is C19H20N2O2. The highest BCUT2D eigenvalue weighted by Crippen LogP contribution is 2.25. The molecule has 3 rings (SSSR count). The van der Waals surface area contributed by atoms with E-state index in [4.69, 9.17) is 0 Å². The van der Waals surface area contributed by atoms with Gasteiger partial charge in [-0.3, -0.25) is 9.59 Å². The fourth-order valence-corrected chi connectivity index (χ4v) is 2.89. The van der Waals surface area contributed by atoms with E-state index in [0.717, 1.165) is 28.1 Å². The van der Waals surface area contributed by atoms with Gasteiger partial charge in [0, 0.05) is 11.4 Å². The lowest BCUT2D eigenvalue weighted by Gasteiger charge is -2.13. The predicted molar refractivity (Wildman–Crippen MR) is 91.6 cm³/mol. The smallest absolute Gasteiger partial charge is 0.228 e. The zero-order valence-electron chi connectivity index (χ0n) is 13.3. The summed E-state index contributed by atoms with van der Waals surface area (Å²) in [7, 11) is 0. The van der Waals surface area contributed by atoms with E-state index in [-0.39, 0.29) is 11.8 Å². The highest BCUT2D eigenvalue weighted by Gasteiger charge is 2.18. The van der Waals surface area contributed by atoms with Gasteiger partial charge in [-0.2, -0.15) is 0 Å². The Labute approximate surface area is 135 Å². The summed E-state index contributed by atoms with van der Waals surface area (Å²) in [5.41, 5.74) is 4.72. The Morgan fingerprint density at radius 2 is 2.00 bits per heavy atom. The fraction of sp³-hybridized carbons (Fsp3) is 0.263. The lowest BCUT2D eigenvalue weighted by molar-refractivity contribution is -0.116. The molecule has 1 aliphatic heterocycles. The van der Waals surface area contributed by atoms with E-state index >= 15 is 0 Å². The summed E-state index contributed by atoms with van der Waals surface area (Å²) in [5, 5.41) is 5.79. The van der Waals surface area contributed by atoms with E-state index in [0.29, 0.717) is 18.8 Å². The summed E-state index contributed by atoms with van der Waals surface area (Å²) < 4.78 is 0. The summed E-state index contributed by atoms with van der Waals surface area (Å²) in [6.07, 6.45) is 0.689. The lowest BCUT2D eigenvalue weighted by atomic mass is 10.0. The SMILES string of the molecule is CC(C)c1ccccc1NC(=O)Cc1ccc2c(c1)CC(=O)N2. The second-order valence-electron chi connectivity index (χ2n) is 6.18. The van der Waals surface area contributed by atoms with Crippen molar-refractivity contribution >= 4 is 23.2 Å². The molecule has 0 unspecified atom stereocenters. The van der Waals surface area contributed by atoms with Gasteiger partial charge in [0.05, 0.1) is 12.8 Å². The van der Waals surface area contributed by atoms with Crippen LogP contribution < -0.4 is 10.6 Å². The zero-order chi connectivity index (χ0) is 16.4. The average molecular weight is 308 g/mol. The maximum Gasteiger partial charge on any atom is 0.228 e. The summed E-state index contributed by atoms with van der Waals surface area (Å²) in [6.45, 7) is 4.21. The monoisotopic (exact) mass is 308 g/mol. The Balaban J connectivity index is 1.71. The number of hydrogen-bond donors (Lipinski definition) is 2. The Morgan fingerprint density at radius 1 is 1.22 bits per heavy atom. The molecule has 23 heavy (non-hydrogen) atoms. The molecule has 0 saturated carbocycles. The van der Waals surface area contributed by atoms with Crippen molar-refractivity contribution in [2.45, 2.75) is 32.6 Å². The normalized spacial score (nSPS) is 12.9. The number of nitrogens with one attached hydrogen (secondary N) is 2. The maximum atomic E-state index is 12.3. The van der Waals surface area contributed by atoms with Crippen molar-refractivity contribution in [2.75, 3.05) is 10.6 Å². The largest absolute Gasteiger partial charge is 0.326 e. The molecule has 2 amide bonds. The standard InChI is InChI=1S/C19H20N2O2/c1-12(2)15-5-3-4-6-17(15)21-18(22)10-13-7-8-16-14(9-13)11-19(23)20-16/h3-9,12H,10-11H2,1-2H3,(H,20,23)(H,21,22). The van der Waals surface area contributed by atoms with Crippen molar-refractivity contribution < 1.29 is 9.59 Å². The molecule has 118 valence electrons. The van der Waals surface area contributed by atoms with Gasteiger partial charge in [-0.1, -0.05) is 44.2 Å². The molecule has 1 aliphatic rings. The van der Waals surface area contributed by atoms with Crippen LogP contribution in [-0.4, -0.2) is 11.8 Å². The van der Waals surface area contributed by atoms with Crippen molar-refractivity contribution in [2.24, 2.45) is 0 Å². The molecule has 1 heterocycles. The fourth-order valence-electron chi connectivity index (χ4n) is 2.89. The van der Waals surface area contributed by atoms with Gasteiger partial charge in [0.1, 0.15) is 0 Å². The molecule has 0 fully saturated rings. The van der Waals surface area contributed by atoms with Crippen LogP contribution >= 0.6 is 0 Å². The van der Waals surface area contributed by atoms with Gasteiger partial charge < -0.3 is 10.6 Å². The Bertz CT molecular complexity index is 766. The molecule has 4 nitrogen and oxygen atoms in total. The van der Waals surface area contributed by atoms with E-state index in [1.807, 2.05) is 42.5 Å². The first-order valence-electron chi connectivity index (χ1n) is 7.83. The molecule has 0 spiro atoms. The number of benzene rings is 2. The van der Waals surface area contributed by atoms with Crippen molar-refractivity contribution in [3.8, 4) is 0 Å². The first kappa shape index (κ1) is 15.3. The summed E-state index contributed by atoms with van der Waals surface area (Å²) in [6, 6.07) is 13.6. The van der Waals surface area contributed by atoms with E-state index in [1.54, 1.807) is 0 Å². The van der Waals surface area contributed by atoms with Crippen molar-refractivity contribution in [3.63, 3.8) is 0 Å². The van der Waals surface area contributed by atoms with Crippen LogP contribution in [-0.2, 0) is 22.4 Å². The van der Waals surface area contributed by atoms with Crippen LogP contribution in [0.1, 0.15) is 36.5 Å². The lowest BCUT2D eigenvalue weighted by Crippen LogP contribution is -2.16. The van der Waals surface area contributed by atoms with Gasteiger partial charge >= 0.3 is 0 Å². The van der Waals surface area contributed by atoms with Gasteiger partial charge in [-0.25, -0.2) is 0 Å². The van der Waals surface area contributed by atoms with E-state index in [2.05, 4.69) is 24.5 Å². The van der Waals surface area contributed by atoms with Gasteiger partial charge in [0.2, 0.25) is 11.8 Å². The molecule has 2 N–H and O–H groups in total. The highest BCUT2D eigenvalue weighted by atomic mass is 16.2. The third kappa shape index (κ3) is 3.42. The molecular weight excluding hydrogens is 288 g/mol. The first-order valence-corrected chi connectivity index (χ1v) is 7.83. The van der Waals surface area contributed by atoms with E-state index in [9.17, 15) is 9.59 Å². The first-order chi connectivity index (χ1) is 11.0. The number of rotatable bonds is 4. The number of anilines is 2. The van der Waals surface area contributed by atoms with Crippen LogP contribution in [0.2, 0.25) is 0 Å². The molecule has 0 saturated heterocycles. The molecule has 2 aromatic rings. The van der Waals surface area contributed by atoms with Crippen LogP contribution in [0.5, 0.6) is 0 Å². The summed E-state index contributed by atoms with van der Waals surface area (Å²) in [5.74, 6) is 0.311. The van der Waals surface area contributed by atoms with Gasteiger partial charge in [-0.05, 0) is 34.7 Å². The number of para-hydroxylation sites is 1. The van der Waals surface area contributed by atoms with Crippen LogP contribution in [0.15, 0.2) is 42.5 Å². The molecule has 0 radical (unpaired) electrons. The minimum absolute atomic E-state index is 0.00691. The zero-order valence-corrected chi connectivity index (χ0v) is 13.3. The predicted octanol–water partition coefficient (Wildman–Crippen LogP) is 3.49. The van der Waals surface area contributed by atoms with Crippen LogP contribution in [0.3, 0.4) is 0 Å². The third-order valence-corrected chi connectivity index (χ3v) is 4.02. The highest BCUT2D eigenvalue weighted by molar-refractivity contribution is 5.99. The summed E-state index contributed by atoms with van der Waals surface area (Å²) >= 11 is 0. The van der Waals surface area contributed by atoms with Gasteiger partial charge in [-0.15, -0.1) is 0 Å². The maximum absolute atomic E-state index is 12.3. The van der Waals surface area contributed by atoms with Crippen molar-refractivity contribution in [1.82, 2.24) is 0 Å². The molecule has 0 bridgehead atoms. The van der Waals surface area contributed by atoms with Gasteiger partial charge in [0.15, 0.2) is 0 Å². The number of carbonyl (C=O) groups excluding carboxylic acids is 2. The third-order valence-electron chi connectivity index (χ3n) is 4.02. The second kappa shape index (κ2) is 6.24. The number of hydrogen-bond acceptors (Lipinski definition) is 2. The number of amides is 2.